The molecule has 5 nitrogen and oxygen atoms in total. The van der Waals surface area contributed by atoms with Crippen LogP contribution in [-0.2, 0) is 10.0 Å². The van der Waals surface area contributed by atoms with Crippen molar-refractivity contribution in [1.82, 2.24) is 5.32 Å². The van der Waals surface area contributed by atoms with Gasteiger partial charge in [-0.2, -0.15) is 0 Å². The SMILES string of the molecule is CCCCNC(=O)c1ccc(Cl)c(S(=O)(=O)N(C)c2ccc(Cl)cc2)c1. The standard InChI is InChI=1S/C18H20Cl2N2O3S/c1-3-4-11-21-18(23)13-5-10-16(20)17(12-13)26(24,25)22(2)15-8-6-14(19)7-9-15/h5-10,12H,3-4,11H2,1-2H3,(H,21,23). The van der Waals surface area contributed by atoms with Crippen molar-refractivity contribution in [2.45, 2.75) is 24.7 Å². The average molecular weight is 415 g/mol. The predicted molar refractivity (Wildman–Crippen MR) is 106 cm³/mol. The summed E-state index contributed by atoms with van der Waals surface area (Å²) in [6.45, 7) is 2.55. The van der Waals surface area contributed by atoms with E-state index in [4.69, 9.17) is 23.2 Å². The number of carbonyl (C=O) groups excluding carboxylic acids is 1. The first-order chi connectivity index (χ1) is 12.3. The number of nitrogens with one attached hydrogen (secondary N) is 1. The zero-order valence-corrected chi connectivity index (χ0v) is 16.8. The van der Waals surface area contributed by atoms with Crippen LogP contribution in [0.3, 0.4) is 0 Å². The van der Waals surface area contributed by atoms with Crippen molar-refractivity contribution < 1.29 is 13.2 Å². The molecule has 2 rings (SSSR count). The largest absolute Gasteiger partial charge is 0.352 e. The lowest BCUT2D eigenvalue weighted by molar-refractivity contribution is 0.0953. The average Bonchev–Trinajstić information content (AvgIpc) is 2.62. The van der Waals surface area contributed by atoms with Gasteiger partial charge in [-0.3, -0.25) is 9.10 Å². The molecule has 0 unspecified atom stereocenters. The van der Waals surface area contributed by atoms with Gasteiger partial charge in [0.15, 0.2) is 0 Å². The highest BCUT2D eigenvalue weighted by atomic mass is 35.5. The maximum absolute atomic E-state index is 13.0. The number of hydrogen-bond donors (Lipinski definition) is 1. The Morgan fingerprint density at radius 2 is 1.77 bits per heavy atom. The summed E-state index contributed by atoms with van der Waals surface area (Å²) in [6.07, 6.45) is 1.80. The van der Waals surface area contributed by atoms with Crippen molar-refractivity contribution in [1.29, 1.82) is 0 Å². The summed E-state index contributed by atoms with van der Waals surface area (Å²) >= 11 is 12.0. The van der Waals surface area contributed by atoms with E-state index in [-0.39, 0.29) is 21.4 Å². The molecule has 0 heterocycles. The van der Waals surface area contributed by atoms with E-state index >= 15 is 0 Å². The third kappa shape index (κ3) is 4.69. The van der Waals surface area contributed by atoms with Crippen molar-refractivity contribution in [3.05, 3.63) is 58.1 Å². The van der Waals surface area contributed by atoms with Crippen LogP contribution in [0.2, 0.25) is 10.0 Å². The van der Waals surface area contributed by atoms with Crippen LogP contribution >= 0.6 is 23.2 Å². The Hall–Kier alpha value is -1.76. The molecule has 140 valence electrons. The number of halogens is 2. The molecule has 8 heteroatoms. The zero-order chi connectivity index (χ0) is 19.3. The quantitative estimate of drug-likeness (QED) is 0.684. The second-order valence-corrected chi connectivity index (χ2v) is 8.48. The summed E-state index contributed by atoms with van der Waals surface area (Å²) in [5.41, 5.74) is 0.678. The number of unbranched alkanes of at least 4 members (excludes halogenated alkanes) is 1. The van der Waals surface area contributed by atoms with Gasteiger partial charge in [0.05, 0.1) is 10.7 Å². The van der Waals surface area contributed by atoms with Gasteiger partial charge in [0.2, 0.25) is 0 Å². The lowest BCUT2D eigenvalue weighted by Gasteiger charge is -2.20. The third-order valence-corrected chi connectivity index (χ3v) is 6.36. The predicted octanol–water partition coefficient (Wildman–Crippen LogP) is 4.35. The molecule has 0 aliphatic carbocycles. The molecule has 0 aliphatic heterocycles. The summed E-state index contributed by atoms with van der Waals surface area (Å²) in [5, 5.41) is 3.31. The van der Waals surface area contributed by atoms with Gasteiger partial charge < -0.3 is 5.32 Å². The maximum Gasteiger partial charge on any atom is 0.265 e. The number of rotatable bonds is 7. The molecule has 0 aromatic heterocycles. The van der Waals surface area contributed by atoms with Gasteiger partial charge in [0.25, 0.3) is 15.9 Å². The molecule has 1 amide bonds. The fourth-order valence-electron chi connectivity index (χ4n) is 2.26. The number of nitrogens with zero attached hydrogens (tertiary/aromatic N) is 1. The number of carbonyl (C=O) groups is 1. The monoisotopic (exact) mass is 414 g/mol. The van der Waals surface area contributed by atoms with Crippen LogP contribution in [0.1, 0.15) is 30.1 Å². The molecule has 26 heavy (non-hydrogen) atoms. The Kier molecular flexibility index (Phi) is 6.92. The molecule has 0 spiro atoms. The van der Waals surface area contributed by atoms with Crippen molar-refractivity contribution in [2.75, 3.05) is 17.9 Å². The summed E-state index contributed by atoms with van der Waals surface area (Å²) in [4.78, 5) is 12.1. The van der Waals surface area contributed by atoms with E-state index in [1.807, 2.05) is 6.92 Å². The molecule has 0 aliphatic rings. The zero-order valence-electron chi connectivity index (χ0n) is 14.5. The van der Waals surface area contributed by atoms with Gasteiger partial charge in [-0.05, 0) is 48.9 Å². The minimum atomic E-state index is -3.94. The minimum Gasteiger partial charge on any atom is -0.352 e. The smallest absolute Gasteiger partial charge is 0.265 e. The van der Waals surface area contributed by atoms with E-state index in [0.717, 1.165) is 17.1 Å². The molecule has 0 saturated carbocycles. The third-order valence-electron chi connectivity index (χ3n) is 3.84. The van der Waals surface area contributed by atoms with Crippen LogP contribution in [0.25, 0.3) is 0 Å². The van der Waals surface area contributed by atoms with Crippen molar-refractivity contribution >= 4 is 44.8 Å². The molecule has 1 N–H and O–H groups in total. The Labute approximate surface area is 164 Å². The van der Waals surface area contributed by atoms with Crippen LogP contribution in [0.15, 0.2) is 47.4 Å². The van der Waals surface area contributed by atoms with Gasteiger partial charge >= 0.3 is 0 Å². The van der Waals surface area contributed by atoms with Gasteiger partial charge in [0, 0.05) is 24.2 Å². The second-order valence-electron chi connectivity index (χ2n) is 5.70. The van der Waals surface area contributed by atoms with Crippen LogP contribution in [0, 0.1) is 0 Å². The first kappa shape index (κ1) is 20.6. The maximum atomic E-state index is 13.0. The summed E-state index contributed by atoms with van der Waals surface area (Å²) in [5.74, 6) is -0.333. The Bertz CT molecular complexity index is 884. The Morgan fingerprint density at radius 3 is 2.38 bits per heavy atom. The van der Waals surface area contributed by atoms with E-state index in [0.29, 0.717) is 17.3 Å². The Balaban J connectivity index is 2.34. The fourth-order valence-corrected chi connectivity index (χ4v) is 4.08. The van der Waals surface area contributed by atoms with Crippen molar-refractivity contribution in [3.63, 3.8) is 0 Å². The second kappa shape index (κ2) is 8.75. The van der Waals surface area contributed by atoms with E-state index in [9.17, 15) is 13.2 Å². The molecule has 2 aromatic rings. The topological polar surface area (TPSA) is 66.5 Å². The summed E-state index contributed by atoms with van der Waals surface area (Å²) < 4.78 is 27.0. The van der Waals surface area contributed by atoms with Crippen molar-refractivity contribution in [3.8, 4) is 0 Å². The highest BCUT2D eigenvalue weighted by Gasteiger charge is 2.25. The summed E-state index contributed by atoms with van der Waals surface area (Å²) in [6, 6.07) is 10.6. The van der Waals surface area contributed by atoms with Gasteiger partial charge in [0.1, 0.15) is 4.90 Å². The van der Waals surface area contributed by atoms with Crippen LogP contribution in [0.5, 0.6) is 0 Å². The van der Waals surface area contributed by atoms with Crippen LogP contribution in [-0.4, -0.2) is 27.9 Å². The first-order valence-corrected chi connectivity index (χ1v) is 10.3. The van der Waals surface area contributed by atoms with Gasteiger partial charge in [-0.25, -0.2) is 8.42 Å². The van der Waals surface area contributed by atoms with Gasteiger partial charge in [-0.1, -0.05) is 36.5 Å². The molecule has 2 aromatic carbocycles. The molecular weight excluding hydrogens is 395 g/mol. The summed E-state index contributed by atoms with van der Waals surface area (Å²) in [7, 11) is -2.52. The molecule has 0 atom stereocenters. The van der Waals surface area contributed by atoms with E-state index in [1.54, 1.807) is 24.3 Å². The normalized spacial score (nSPS) is 11.2. The van der Waals surface area contributed by atoms with E-state index < -0.39 is 10.0 Å². The van der Waals surface area contributed by atoms with E-state index in [2.05, 4.69) is 5.32 Å². The number of benzene rings is 2. The first-order valence-electron chi connectivity index (χ1n) is 8.09. The number of sulfonamides is 1. The van der Waals surface area contributed by atoms with Crippen molar-refractivity contribution in [2.24, 2.45) is 0 Å². The van der Waals surface area contributed by atoms with Crippen LogP contribution < -0.4 is 9.62 Å². The molecule has 0 bridgehead atoms. The molecule has 0 saturated heterocycles. The molecular formula is C18H20Cl2N2O3S. The lowest BCUT2D eigenvalue weighted by atomic mass is 10.2. The highest BCUT2D eigenvalue weighted by Crippen LogP contribution is 2.29. The van der Waals surface area contributed by atoms with Crippen LogP contribution in [0.4, 0.5) is 5.69 Å². The van der Waals surface area contributed by atoms with E-state index in [1.165, 1.54) is 25.2 Å². The number of amides is 1. The fraction of sp³-hybridized carbons (Fsp3) is 0.278. The van der Waals surface area contributed by atoms with Gasteiger partial charge in [-0.15, -0.1) is 0 Å². The molecule has 0 radical (unpaired) electrons. The number of anilines is 1. The number of hydrogen-bond acceptors (Lipinski definition) is 3. The minimum absolute atomic E-state index is 0.0518. The highest BCUT2D eigenvalue weighted by molar-refractivity contribution is 7.93. The lowest BCUT2D eigenvalue weighted by Crippen LogP contribution is -2.28. The Morgan fingerprint density at radius 1 is 1.12 bits per heavy atom. The molecule has 0 fully saturated rings.